The topological polar surface area (TPSA) is 48.9 Å². The van der Waals surface area contributed by atoms with Gasteiger partial charge in [-0.2, -0.15) is 0 Å². The van der Waals surface area contributed by atoms with Gasteiger partial charge >= 0.3 is 0 Å². The Bertz CT molecular complexity index is 558. The summed E-state index contributed by atoms with van der Waals surface area (Å²) in [5, 5.41) is 0. The quantitative estimate of drug-likeness (QED) is 0.837. The summed E-state index contributed by atoms with van der Waals surface area (Å²) < 4.78 is 5.91. The average Bonchev–Trinajstić information content (AvgIpc) is 2.63. The first-order valence-electron chi connectivity index (χ1n) is 8.89. The highest BCUT2D eigenvalue weighted by Gasteiger charge is 2.26. The number of morpholine rings is 1. The standard InChI is InChI=1S/C18H28N4O2/c1-20(2)17-8-6-7-15(19-17)16-13-21(11-12-24-16)14-18(23)22-9-4-3-5-10-22/h6-8,16H,3-5,9-14H2,1-2H3/t16-/m0/s1. The van der Waals surface area contributed by atoms with Gasteiger partial charge in [-0.3, -0.25) is 9.69 Å². The Labute approximate surface area is 144 Å². The van der Waals surface area contributed by atoms with Gasteiger partial charge in [0.1, 0.15) is 11.9 Å². The average molecular weight is 332 g/mol. The maximum Gasteiger partial charge on any atom is 0.236 e. The lowest BCUT2D eigenvalue weighted by molar-refractivity contribution is -0.135. The van der Waals surface area contributed by atoms with Crippen LogP contribution in [-0.4, -0.2) is 74.1 Å². The Morgan fingerprint density at radius 3 is 2.79 bits per heavy atom. The minimum Gasteiger partial charge on any atom is -0.369 e. The molecule has 6 heteroatoms. The monoisotopic (exact) mass is 332 g/mol. The molecule has 2 fully saturated rings. The molecule has 0 bridgehead atoms. The van der Waals surface area contributed by atoms with E-state index in [0.717, 1.165) is 50.5 Å². The number of amides is 1. The van der Waals surface area contributed by atoms with E-state index in [1.54, 1.807) is 0 Å². The molecule has 0 unspecified atom stereocenters. The van der Waals surface area contributed by atoms with Crippen LogP contribution in [0, 0.1) is 0 Å². The highest BCUT2D eigenvalue weighted by molar-refractivity contribution is 5.78. The van der Waals surface area contributed by atoms with Gasteiger partial charge in [0.2, 0.25) is 5.91 Å². The lowest BCUT2D eigenvalue weighted by Gasteiger charge is -2.34. The van der Waals surface area contributed by atoms with Crippen LogP contribution in [0.1, 0.15) is 31.1 Å². The Morgan fingerprint density at radius 2 is 2.04 bits per heavy atom. The lowest BCUT2D eigenvalue weighted by Crippen LogP contribution is -2.46. The first-order chi connectivity index (χ1) is 11.6. The summed E-state index contributed by atoms with van der Waals surface area (Å²) in [6.45, 7) is 4.50. The van der Waals surface area contributed by atoms with Gasteiger partial charge in [-0.15, -0.1) is 0 Å². The highest BCUT2D eigenvalue weighted by Crippen LogP contribution is 2.22. The molecule has 0 aliphatic carbocycles. The SMILES string of the molecule is CN(C)c1cccc([C@@H]2CN(CC(=O)N3CCCCC3)CCO2)n1. The van der Waals surface area contributed by atoms with Crippen LogP contribution in [0.4, 0.5) is 5.82 Å². The summed E-state index contributed by atoms with van der Waals surface area (Å²) in [4.78, 5) is 23.4. The maximum absolute atomic E-state index is 12.5. The first-order valence-corrected chi connectivity index (χ1v) is 8.89. The number of pyridine rings is 1. The number of anilines is 1. The predicted octanol–water partition coefficient (Wildman–Crippen LogP) is 1.53. The van der Waals surface area contributed by atoms with Gasteiger partial charge in [0.15, 0.2) is 0 Å². The summed E-state index contributed by atoms with van der Waals surface area (Å²) in [6.07, 6.45) is 3.46. The molecule has 3 heterocycles. The fraction of sp³-hybridized carbons (Fsp3) is 0.667. The van der Waals surface area contributed by atoms with Crippen molar-refractivity contribution in [3.05, 3.63) is 23.9 Å². The second kappa shape index (κ2) is 7.94. The van der Waals surface area contributed by atoms with Crippen LogP contribution in [-0.2, 0) is 9.53 Å². The molecule has 2 aliphatic rings. The van der Waals surface area contributed by atoms with Crippen LogP contribution >= 0.6 is 0 Å². The van der Waals surface area contributed by atoms with E-state index in [2.05, 4.69) is 9.88 Å². The minimum atomic E-state index is -0.0622. The number of rotatable bonds is 4. The third kappa shape index (κ3) is 4.24. The van der Waals surface area contributed by atoms with Gasteiger partial charge in [-0.25, -0.2) is 4.98 Å². The van der Waals surface area contributed by atoms with E-state index in [9.17, 15) is 4.79 Å². The van der Waals surface area contributed by atoms with E-state index in [1.165, 1.54) is 6.42 Å². The molecule has 24 heavy (non-hydrogen) atoms. The number of carbonyl (C=O) groups excluding carboxylic acids is 1. The van der Waals surface area contributed by atoms with Crippen molar-refractivity contribution in [2.75, 3.05) is 58.3 Å². The molecular formula is C18H28N4O2. The molecule has 2 saturated heterocycles. The van der Waals surface area contributed by atoms with Crippen LogP contribution in [0.2, 0.25) is 0 Å². The van der Waals surface area contributed by atoms with Crippen molar-refractivity contribution < 1.29 is 9.53 Å². The van der Waals surface area contributed by atoms with Crippen molar-refractivity contribution in [2.45, 2.75) is 25.4 Å². The van der Waals surface area contributed by atoms with Crippen molar-refractivity contribution in [1.29, 1.82) is 0 Å². The summed E-state index contributed by atoms with van der Waals surface area (Å²) in [7, 11) is 3.97. The number of nitrogens with zero attached hydrogens (tertiary/aromatic N) is 4. The van der Waals surface area contributed by atoms with Crippen LogP contribution < -0.4 is 4.90 Å². The molecule has 0 N–H and O–H groups in total. The summed E-state index contributed by atoms with van der Waals surface area (Å²) >= 11 is 0. The molecule has 1 amide bonds. The second-order valence-electron chi connectivity index (χ2n) is 6.85. The Kier molecular flexibility index (Phi) is 5.68. The largest absolute Gasteiger partial charge is 0.369 e. The fourth-order valence-electron chi connectivity index (χ4n) is 3.33. The van der Waals surface area contributed by atoms with Crippen LogP contribution in [0.3, 0.4) is 0 Å². The van der Waals surface area contributed by atoms with E-state index in [-0.39, 0.29) is 12.0 Å². The Morgan fingerprint density at radius 1 is 1.25 bits per heavy atom. The van der Waals surface area contributed by atoms with Crippen molar-refractivity contribution in [1.82, 2.24) is 14.8 Å². The molecule has 1 atom stereocenters. The summed E-state index contributed by atoms with van der Waals surface area (Å²) in [5.41, 5.74) is 0.941. The van der Waals surface area contributed by atoms with Gasteiger partial charge in [0.25, 0.3) is 0 Å². The van der Waals surface area contributed by atoms with Gasteiger partial charge in [-0.05, 0) is 31.4 Å². The summed E-state index contributed by atoms with van der Waals surface area (Å²) in [6, 6.07) is 6.01. The van der Waals surface area contributed by atoms with Crippen molar-refractivity contribution >= 4 is 11.7 Å². The third-order valence-electron chi connectivity index (χ3n) is 4.76. The normalized spacial score (nSPS) is 22.4. The molecule has 0 saturated carbocycles. The van der Waals surface area contributed by atoms with Gasteiger partial charge in [0.05, 0.1) is 18.8 Å². The maximum atomic E-state index is 12.5. The minimum absolute atomic E-state index is 0.0622. The van der Waals surface area contributed by atoms with Crippen molar-refractivity contribution in [2.24, 2.45) is 0 Å². The molecule has 3 rings (SSSR count). The zero-order valence-electron chi connectivity index (χ0n) is 14.8. The zero-order valence-corrected chi connectivity index (χ0v) is 14.8. The molecule has 1 aromatic heterocycles. The van der Waals surface area contributed by atoms with Gasteiger partial charge in [-0.1, -0.05) is 6.07 Å². The fourth-order valence-corrected chi connectivity index (χ4v) is 3.33. The third-order valence-corrected chi connectivity index (χ3v) is 4.76. The number of likely N-dealkylation sites (tertiary alicyclic amines) is 1. The highest BCUT2D eigenvalue weighted by atomic mass is 16.5. The number of hydrogen-bond donors (Lipinski definition) is 0. The van der Waals surface area contributed by atoms with Crippen LogP contribution in [0.15, 0.2) is 18.2 Å². The van der Waals surface area contributed by atoms with Crippen molar-refractivity contribution in [3.63, 3.8) is 0 Å². The predicted molar refractivity (Wildman–Crippen MR) is 94.1 cm³/mol. The molecular weight excluding hydrogens is 304 g/mol. The molecule has 0 spiro atoms. The van der Waals surface area contributed by atoms with Crippen LogP contribution in [0.5, 0.6) is 0 Å². The lowest BCUT2D eigenvalue weighted by atomic mass is 10.1. The number of hydrogen-bond acceptors (Lipinski definition) is 5. The smallest absolute Gasteiger partial charge is 0.236 e. The zero-order chi connectivity index (χ0) is 16.9. The van der Waals surface area contributed by atoms with E-state index in [1.807, 2.05) is 42.1 Å². The number of carbonyl (C=O) groups is 1. The summed E-state index contributed by atoms with van der Waals surface area (Å²) in [5.74, 6) is 1.18. The molecule has 6 nitrogen and oxygen atoms in total. The van der Waals surface area contributed by atoms with Gasteiger partial charge in [0, 0.05) is 40.3 Å². The van der Waals surface area contributed by atoms with E-state index in [0.29, 0.717) is 13.2 Å². The Balaban J connectivity index is 1.59. The van der Waals surface area contributed by atoms with E-state index in [4.69, 9.17) is 4.74 Å². The molecule has 0 radical (unpaired) electrons. The number of piperidine rings is 1. The van der Waals surface area contributed by atoms with E-state index >= 15 is 0 Å². The number of aromatic nitrogens is 1. The molecule has 2 aliphatic heterocycles. The Hall–Kier alpha value is -1.66. The molecule has 1 aromatic rings. The second-order valence-corrected chi connectivity index (χ2v) is 6.85. The van der Waals surface area contributed by atoms with Crippen LogP contribution in [0.25, 0.3) is 0 Å². The van der Waals surface area contributed by atoms with Crippen molar-refractivity contribution in [3.8, 4) is 0 Å². The molecule has 132 valence electrons. The first kappa shape index (κ1) is 17.2. The number of ether oxygens (including phenoxy) is 1. The van der Waals surface area contributed by atoms with E-state index < -0.39 is 0 Å². The van der Waals surface area contributed by atoms with Gasteiger partial charge < -0.3 is 14.5 Å². The molecule has 0 aromatic carbocycles.